The average Bonchev–Trinajstić information content (AvgIpc) is 3.37. The van der Waals surface area contributed by atoms with E-state index in [9.17, 15) is 4.39 Å². The lowest BCUT2D eigenvalue weighted by atomic mass is 10.1. The van der Waals surface area contributed by atoms with Crippen LogP contribution < -0.4 is 4.74 Å². The molecule has 0 saturated heterocycles. The maximum Gasteiger partial charge on any atom is 0.134 e. The zero-order valence-corrected chi connectivity index (χ0v) is 19.8. The summed E-state index contributed by atoms with van der Waals surface area (Å²) in [7, 11) is 4.20. The Morgan fingerprint density at radius 1 is 0.758 bits per heavy atom. The number of ether oxygens (including phenoxy) is 1. The minimum atomic E-state index is -0.150. The molecule has 0 radical (unpaired) electrons. The van der Waals surface area contributed by atoms with E-state index in [0.717, 1.165) is 24.1 Å². The zero-order valence-electron chi connectivity index (χ0n) is 18.9. The van der Waals surface area contributed by atoms with Gasteiger partial charge in [0.25, 0.3) is 0 Å². The zero-order chi connectivity index (χ0) is 23.0. The summed E-state index contributed by atoms with van der Waals surface area (Å²) in [5.41, 5.74) is 0. The summed E-state index contributed by atoms with van der Waals surface area (Å²) in [6, 6.07) is 31.4. The summed E-state index contributed by atoms with van der Waals surface area (Å²) in [5, 5.41) is 6.15. The molecule has 0 aliphatic heterocycles. The van der Waals surface area contributed by atoms with Crippen molar-refractivity contribution in [3.05, 3.63) is 113 Å². The predicted octanol–water partition coefficient (Wildman–Crippen LogP) is 7.95. The van der Waals surface area contributed by atoms with Gasteiger partial charge in [-0.15, -0.1) is 11.3 Å². The van der Waals surface area contributed by atoms with Crippen LogP contribution in [0.5, 0.6) is 5.75 Å². The Morgan fingerprint density at radius 3 is 2.06 bits per heavy atom. The maximum atomic E-state index is 13.0. The molecule has 5 aromatic rings. The number of halogens is 1. The fourth-order valence-electron chi connectivity index (χ4n) is 3.75. The molecule has 0 spiro atoms. The highest BCUT2D eigenvalue weighted by Gasteiger charge is 2.16. The first-order valence-electron chi connectivity index (χ1n) is 11.1. The van der Waals surface area contributed by atoms with Crippen LogP contribution in [0.4, 0.5) is 4.39 Å². The van der Waals surface area contributed by atoms with E-state index >= 15 is 0 Å². The third kappa shape index (κ3) is 5.98. The van der Waals surface area contributed by atoms with Crippen molar-refractivity contribution in [2.45, 2.75) is 12.5 Å². The van der Waals surface area contributed by atoms with E-state index in [4.69, 9.17) is 4.74 Å². The largest absolute Gasteiger partial charge is 0.484 e. The monoisotopic (exact) mass is 457 g/mol. The van der Waals surface area contributed by atoms with Crippen LogP contribution in [0.25, 0.3) is 21.5 Å². The molecular formula is C29H28FNOS. The van der Waals surface area contributed by atoms with E-state index < -0.39 is 0 Å². The predicted molar refractivity (Wildman–Crippen MR) is 139 cm³/mol. The van der Waals surface area contributed by atoms with Crippen LogP contribution in [0.3, 0.4) is 0 Å². The van der Waals surface area contributed by atoms with Gasteiger partial charge >= 0.3 is 0 Å². The lowest BCUT2D eigenvalue weighted by Gasteiger charge is -2.21. The van der Waals surface area contributed by atoms with Crippen molar-refractivity contribution in [2.24, 2.45) is 0 Å². The van der Waals surface area contributed by atoms with E-state index in [1.165, 1.54) is 21.7 Å². The van der Waals surface area contributed by atoms with Gasteiger partial charge in [-0.3, -0.25) is 0 Å². The molecule has 0 aliphatic carbocycles. The van der Waals surface area contributed by atoms with Gasteiger partial charge in [0.1, 0.15) is 17.7 Å². The summed E-state index contributed by atoms with van der Waals surface area (Å²) < 4.78 is 19.4. The van der Waals surface area contributed by atoms with E-state index in [-0.39, 0.29) is 11.9 Å². The second kappa shape index (κ2) is 11.1. The highest BCUT2D eigenvalue weighted by Crippen LogP contribution is 2.32. The Morgan fingerprint density at radius 2 is 1.39 bits per heavy atom. The average molecular weight is 458 g/mol. The normalized spacial score (nSPS) is 11.9. The number of hydrogen-bond acceptors (Lipinski definition) is 3. The molecule has 0 N–H and O–H groups in total. The highest BCUT2D eigenvalue weighted by atomic mass is 32.1. The molecule has 33 heavy (non-hydrogen) atoms. The molecule has 1 aromatic heterocycles. The second-order valence-electron chi connectivity index (χ2n) is 8.15. The smallest absolute Gasteiger partial charge is 0.134 e. The van der Waals surface area contributed by atoms with E-state index in [1.54, 1.807) is 23.5 Å². The number of nitrogens with zero attached hydrogens (tertiary/aromatic N) is 1. The van der Waals surface area contributed by atoms with Crippen molar-refractivity contribution in [3.8, 4) is 5.75 Å². The molecule has 0 aliphatic rings. The summed E-state index contributed by atoms with van der Waals surface area (Å²) in [5.74, 6) is 0.818. The number of fused-ring (bicyclic) bond motifs is 2. The van der Waals surface area contributed by atoms with Gasteiger partial charge in [0.2, 0.25) is 0 Å². The Labute approximate surface area is 198 Å². The van der Waals surface area contributed by atoms with Crippen LogP contribution in [-0.2, 0) is 0 Å². The number of thiophene rings is 1. The minimum Gasteiger partial charge on any atom is -0.484 e. The molecule has 0 saturated carbocycles. The third-order valence-corrected chi connectivity index (χ3v) is 6.42. The van der Waals surface area contributed by atoms with Gasteiger partial charge in [0.15, 0.2) is 0 Å². The minimum absolute atomic E-state index is 0.105. The van der Waals surface area contributed by atoms with Crippen LogP contribution >= 0.6 is 11.3 Å². The summed E-state index contributed by atoms with van der Waals surface area (Å²) in [4.78, 5) is 3.49. The fraction of sp³-hybridized carbons (Fsp3) is 0.172. The van der Waals surface area contributed by atoms with Gasteiger partial charge in [-0.2, -0.15) is 0 Å². The summed E-state index contributed by atoms with van der Waals surface area (Å²) in [6.07, 6.45) is 1.09. The number of hydrogen-bond donors (Lipinski definition) is 0. The molecule has 4 heteroatoms. The molecular weight excluding hydrogens is 429 g/mol. The van der Waals surface area contributed by atoms with Gasteiger partial charge in [0, 0.05) is 28.6 Å². The Hall–Kier alpha value is -3.21. The molecule has 1 heterocycles. The van der Waals surface area contributed by atoms with Crippen LogP contribution in [-0.4, -0.2) is 25.5 Å². The molecule has 0 bridgehead atoms. The van der Waals surface area contributed by atoms with Crippen molar-refractivity contribution >= 4 is 32.9 Å². The molecule has 2 nitrogen and oxygen atoms in total. The molecule has 0 amide bonds. The van der Waals surface area contributed by atoms with Crippen molar-refractivity contribution < 1.29 is 9.13 Å². The highest BCUT2D eigenvalue weighted by molar-refractivity contribution is 7.10. The standard InChI is InChI=1S/C19H21NOS.C10H7F/c1-20(2)13-12-18(19-11-6-14-22-19)21-17-10-5-8-15-7-3-4-9-16(15)17;11-10-7-3-5-8-4-1-2-6-9(8)10/h3-11,14,18H,12-13H2,1-2H3;1-7H. The fourth-order valence-corrected chi connectivity index (χ4v) is 4.54. The van der Waals surface area contributed by atoms with Gasteiger partial charge in [-0.25, -0.2) is 4.39 Å². The maximum absolute atomic E-state index is 13.0. The Balaban J connectivity index is 0.000000196. The van der Waals surface area contributed by atoms with Crippen LogP contribution in [0.15, 0.2) is 102 Å². The first kappa shape index (κ1) is 23.0. The van der Waals surface area contributed by atoms with Crippen LogP contribution in [0.2, 0.25) is 0 Å². The quantitative estimate of drug-likeness (QED) is 0.256. The van der Waals surface area contributed by atoms with Crippen LogP contribution in [0.1, 0.15) is 17.4 Å². The van der Waals surface area contributed by atoms with Gasteiger partial charge in [-0.05, 0) is 48.4 Å². The lowest BCUT2D eigenvalue weighted by molar-refractivity contribution is 0.185. The second-order valence-corrected chi connectivity index (χ2v) is 9.13. The van der Waals surface area contributed by atoms with E-state index in [2.05, 4.69) is 79.0 Å². The van der Waals surface area contributed by atoms with E-state index in [0.29, 0.717) is 5.39 Å². The molecule has 1 atom stereocenters. The summed E-state index contributed by atoms with van der Waals surface area (Å²) in [6.45, 7) is 1.01. The first-order chi connectivity index (χ1) is 16.1. The molecule has 168 valence electrons. The first-order valence-corrected chi connectivity index (χ1v) is 12.0. The van der Waals surface area contributed by atoms with Gasteiger partial charge in [-0.1, -0.05) is 78.9 Å². The van der Waals surface area contributed by atoms with Crippen molar-refractivity contribution in [2.75, 3.05) is 20.6 Å². The van der Waals surface area contributed by atoms with Gasteiger partial charge in [0.05, 0.1) is 0 Å². The third-order valence-electron chi connectivity index (χ3n) is 5.45. The Kier molecular flexibility index (Phi) is 7.71. The molecule has 4 aromatic carbocycles. The van der Waals surface area contributed by atoms with E-state index in [1.807, 2.05) is 24.3 Å². The number of rotatable bonds is 6. The lowest BCUT2D eigenvalue weighted by Crippen LogP contribution is -2.18. The van der Waals surface area contributed by atoms with Crippen molar-refractivity contribution in [1.29, 1.82) is 0 Å². The summed E-state index contributed by atoms with van der Waals surface area (Å²) >= 11 is 1.76. The molecule has 5 rings (SSSR count). The number of benzene rings is 4. The SMILES string of the molecule is CN(C)CCC(Oc1cccc2ccccc12)c1cccs1.Fc1cccc2ccccc12. The molecule has 0 fully saturated rings. The van der Waals surface area contributed by atoms with Crippen LogP contribution in [0, 0.1) is 5.82 Å². The molecule has 1 unspecified atom stereocenters. The topological polar surface area (TPSA) is 12.5 Å². The Bertz CT molecular complexity index is 1290. The van der Waals surface area contributed by atoms with Crippen molar-refractivity contribution in [1.82, 2.24) is 4.90 Å². The van der Waals surface area contributed by atoms with Gasteiger partial charge < -0.3 is 9.64 Å². The van der Waals surface area contributed by atoms with Crippen molar-refractivity contribution in [3.63, 3.8) is 0 Å².